The number of hydrogen-bond acceptors (Lipinski definition) is 4. The molecule has 0 aliphatic heterocycles. The van der Waals surface area contributed by atoms with Crippen LogP contribution in [0.5, 0.6) is 0 Å². The van der Waals surface area contributed by atoms with Crippen molar-refractivity contribution in [2.75, 3.05) is 5.73 Å². The van der Waals surface area contributed by atoms with Crippen LogP contribution < -0.4 is 5.73 Å². The first kappa shape index (κ1) is 8.61. The van der Waals surface area contributed by atoms with Crippen LogP contribution in [0.15, 0.2) is 18.5 Å². The number of aryl methyl sites for hydroxylation is 1. The third kappa shape index (κ3) is 1.30. The summed E-state index contributed by atoms with van der Waals surface area (Å²) >= 11 is 0. The van der Waals surface area contributed by atoms with E-state index in [0.717, 1.165) is 0 Å². The summed E-state index contributed by atoms with van der Waals surface area (Å²) in [5.74, 6) is -0.693. The predicted octanol–water partition coefficient (Wildman–Crippen LogP) is 0.598. The predicted molar refractivity (Wildman–Crippen MR) is 48.6 cm³/mol. The Morgan fingerprint density at radius 2 is 2.29 bits per heavy atom. The van der Waals surface area contributed by atoms with Crippen molar-refractivity contribution >= 4 is 5.82 Å². The molecule has 0 bridgehead atoms. The molecule has 2 N–H and O–H groups in total. The SMILES string of the molecule is Cn1ncc(-c2ccnc(N)c2F)n1. The lowest BCUT2D eigenvalue weighted by molar-refractivity contribution is 0.627. The third-order valence-electron chi connectivity index (χ3n) is 1.79. The van der Waals surface area contributed by atoms with Crippen LogP contribution in [0, 0.1) is 5.82 Å². The molecule has 0 aromatic carbocycles. The minimum atomic E-state index is -0.562. The van der Waals surface area contributed by atoms with Crippen LogP contribution in [0.1, 0.15) is 0 Å². The molecule has 2 heterocycles. The van der Waals surface area contributed by atoms with Gasteiger partial charge in [0, 0.05) is 18.8 Å². The molecule has 72 valence electrons. The van der Waals surface area contributed by atoms with Crippen molar-refractivity contribution in [3.63, 3.8) is 0 Å². The average Bonchev–Trinajstić information content (AvgIpc) is 2.57. The van der Waals surface area contributed by atoms with Gasteiger partial charge >= 0.3 is 0 Å². The van der Waals surface area contributed by atoms with E-state index in [-0.39, 0.29) is 5.82 Å². The molecule has 14 heavy (non-hydrogen) atoms. The highest BCUT2D eigenvalue weighted by atomic mass is 19.1. The molecule has 0 fully saturated rings. The van der Waals surface area contributed by atoms with Crippen LogP contribution in [0.2, 0.25) is 0 Å². The zero-order chi connectivity index (χ0) is 10.1. The van der Waals surface area contributed by atoms with E-state index in [1.54, 1.807) is 7.05 Å². The zero-order valence-corrected chi connectivity index (χ0v) is 7.48. The van der Waals surface area contributed by atoms with Gasteiger partial charge in [-0.1, -0.05) is 0 Å². The van der Waals surface area contributed by atoms with E-state index in [1.807, 2.05) is 0 Å². The van der Waals surface area contributed by atoms with Gasteiger partial charge in [-0.15, -0.1) is 0 Å². The van der Waals surface area contributed by atoms with E-state index in [9.17, 15) is 4.39 Å². The molecule has 2 aromatic rings. The lowest BCUT2D eigenvalue weighted by Gasteiger charge is -1.99. The molecule has 0 aliphatic carbocycles. The summed E-state index contributed by atoms with van der Waals surface area (Å²) in [6.45, 7) is 0. The van der Waals surface area contributed by atoms with Gasteiger partial charge in [-0.3, -0.25) is 0 Å². The van der Waals surface area contributed by atoms with E-state index in [4.69, 9.17) is 5.73 Å². The molecule has 0 saturated carbocycles. The fourth-order valence-electron chi connectivity index (χ4n) is 1.13. The van der Waals surface area contributed by atoms with Gasteiger partial charge < -0.3 is 5.73 Å². The van der Waals surface area contributed by atoms with E-state index < -0.39 is 5.82 Å². The summed E-state index contributed by atoms with van der Waals surface area (Å²) in [6, 6.07) is 1.51. The quantitative estimate of drug-likeness (QED) is 0.719. The minimum absolute atomic E-state index is 0.131. The summed E-state index contributed by atoms with van der Waals surface area (Å²) in [4.78, 5) is 4.97. The Kier molecular flexibility index (Phi) is 1.88. The number of nitrogens with two attached hydrogens (primary N) is 1. The Bertz CT molecular complexity index is 465. The van der Waals surface area contributed by atoms with Crippen molar-refractivity contribution in [3.8, 4) is 11.3 Å². The number of pyridine rings is 1. The van der Waals surface area contributed by atoms with E-state index in [2.05, 4.69) is 15.2 Å². The van der Waals surface area contributed by atoms with Gasteiger partial charge in [0.1, 0.15) is 5.69 Å². The van der Waals surface area contributed by atoms with Crippen molar-refractivity contribution in [3.05, 3.63) is 24.3 Å². The average molecular weight is 193 g/mol. The number of anilines is 1. The van der Waals surface area contributed by atoms with Crippen LogP contribution in [-0.4, -0.2) is 20.0 Å². The summed E-state index contributed by atoms with van der Waals surface area (Å²) < 4.78 is 13.4. The maximum absolute atomic E-state index is 13.4. The molecule has 0 amide bonds. The fraction of sp³-hybridized carbons (Fsp3) is 0.125. The smallest absolute Gasteiger partial charge is 0.174 e. The summed E-state index contributed by atoms with van der Waals surface area (Å²) in [6.07, 6.45) is 2.90. The van der Waals surface area contributed by atoms with Gasteiger partial charge in [0.15, 0.2) is 11.6 Å². The van der Waals surface area contributed by atoms with Crippen molar-refractivity contribution in [1.82, 2.24) is 20.0 Å². The highest BCUT2D eigenvalue weighted by Gasteiger charge is 2.11. The first-order valence-electron chi connectivity index (χ1n) is 3.95. The normalized spacial score (nSPS) is 10.4. The molecular formula is C8H8FN5. The van der Waals surface area contributed by atoms with Gasteiger partial charge in [-0.25, -0.2) is 9.37 Å². The Morgan fingerprint density at radius 1 is 1.50 bits per heavy atom. The third-order valence-corrected chi connectivity index (χ3v) is 1.79. The van der Waals surface area contributed by atoms with Crippen molar-refractivity contribution < 1.29 is 4.39 Å². The van der Waals surface area contributed by atoms with E-state index >= 15 is 0 Å². The molecule has 0 spiro atoms. The lowest BCUT2D eigenvalue weighted by atomic mass is 10.2. The van der Waals surface area contributed by atoms with Gasteiger partial charge in [-0.2, -0.15) is 15.0 Å². The molecule has 5 nitrogen and oxygen atoms in total. The highest BCUT2D eigenvalue weighted by molar-refractivity contribution is 5.61. The van der Waals surface area contributed by atoms with Crippen LogP contribution in [-0.2, 0) is 7.05 Å². The fourth-order valence-corrected chi connectivity index (χ4v) is 1.13. The highest BCUT2D eigenvalue weighted by Crippen LogP contribution is 2.21. The van der Waals surface area contributed by atoms with Crippen LogP contribution in [0.3, 0.4) is 0 Å². The molecule has 2 aromatic heterocycles. The monoisotopic (exact) mass is 193 g/mol. The van der Waals surface area contributed by atoms with Crippen LogP contribution in [0.4, 0.5) is 10.2 Å². The first-order valence-corrected chi connectivity index (χ1v) is 3.95. The summed E-state index contributed by atoms with van der Waals surface area (Å²) in [7, 11) is 1.66. The number of rotatable bonds is 1. The number of hydrogen-bond donors (Lipinski definition) is 1. The topological polar surface area (TPSA) is 69.6 Å². The summed E-state index contributed by atoms with van der Waals surface area (Å²) in [5.41, 5.74) is 6.08. The Morgan fingerprint density at radius 3 is 2.93 bits per heavy atom. The van der Waals surface area contributed by atoms with Gasteiger partial charge in [0.05, 0.1) is 6.20 Å². The standard InChI is InChI=1S/C8H8FN5/c1-14-12-4-6(13-14)5-2-3-11-8(10)7(5)9/h2-4H,1H3,(H2,10,11). The zero-order valence-electron chi connectivity index (χ0n) is 7.48. The van der Waals surface area contributed by atoms with Crippen molar-refractivity contribution in [1.29, 1.82) is 0 Å². The number of nitrogens with zero attached hydrogens (tertiary/aromatic N) is 4. The molecule has 6 heteroatoms. The largest absolute Gasteiger partial charge is 0.381 e. The second-order valence-corrected chi connectivity index (χ2v) is 2.78. The molecule has 0 aliphatic rings. The molecule has 0 atom stereocenters. The maximum atomic E-state index is 13.4. The molecule has 2 rings (SSSR count). The van der Waals surface area contributed by atoms with Crippen LogP contribution >= 0.6 is 0 Å². The molecule has 0 saturated heterocycles. The number of halogens is 1. The molecule has 0 unspecified atom stereocenters. The second kappa shape index (κ2) is 3.06. The van der Waals surface area contributed by atoms with Gasteiger partial charge in [0.25, 0.3) is 0 Å². The number of nitrogen functional groups attached to an aromatic ring is 1. The minimum Gasteiger partial charge on any atom is -0.381 e. The van der Waals surface area contributed by atoms with Gasteiger partial charge in [0.2, 0.25) is 0 Å². The number of aromatic nitrogens is 4. The van der Waals surface area contributed by atoms with E-state index in [0.29, 0.717) is 11.3 Å². The Labute approximate surface area is 79.4 Å². The van der Waals surface area contributed by atoms with E-state index in [1.165, 1.54) is 23.3 Å². The Hall–Kier alpha value is -1.98. The molecule has 0 radical (unpaired) electrons. The molecular weight excluding hydrogens is 185 g/mol. The van der Waals surface area contributed by atoms with Crippen molar-refractivity contribution in [2.45, 2.75) is 0 Å². The second-order valence-electron chi connectivity index (χ2n) is 2.78. The Balaban J connectivity index is 2.57. The van der Waals surface area contributed by atoms with Crippen molar-refractivity contribution in [2.24, 2.45) is 7.05 Å². The maximum Gasteiger partial charge on any atom is 0.174 e. The lowest BCUT2D eigenvalue weighted by Crippen LogP contribution is -1.97. The first-order chi connectivity index (χ1) is 6.68. The van der Waals surface area contributed by atoms with Gasteiger partial charge in [-0.05, 0) is 6.07 Å². The summed E-state index contributed by atoms with van der Waals surface area (Å²) in [5, 5.41) is 7.81. The van der Waals surface area contributed by atoms with Crippen LogP contribution in [0.25, 0.3) is 11.3 Å².